The smallest absolute Gasteiger partial charge is 0.278 e. The zero-order valence-electron chi connectivity index (χ0n) is 25.2. The molecule has 2 aromatic heterocycles. The highest BCUT2D eigenvalue weighted by atomic mass is 16.5. The first kappa shape index (κ1) is 28.0. The number of piperazine rings is 1. The normalized spacial score (nSPS) is 18.8. The SMILES string of the molecule is COc1cc(Nc2ncc3c(=O)n4n(c3n2)-c2ccc3c(c2)N(CCCC=CC4)C(=O)CO3)ccc1N1CCN(C)C(C)C1. The Hall–Kier alpha value is -4.84. The molecule has 4 aromatic rings. The molecule has 3 aliphatic heterocycles. The van der Waals surface area contributed by atoms with Crippen molar-refractivity contribution in [1.82, 2.24) is 24.2 Å². The number of carbonyl (C=O) groups excluding carboxylic acids is 1. The lowest BCUT2D eigenvalue weighted by molar-refractivity contribution is -0.121. The van der Waals surface area contributed by atoms with E-state index in [4.69, 9.17) is 14.5 Å². The van der Waals surface area contributed by atoms with Crippen molar-refractivity contribution in [1.29, 1.82) is 0 Å². The van der Waals surface area contributed by atoms with E-state index in [1.54, 1.807) is 27.6 Å². The molecule has 1 fully saturated rings. The minimum absolute atomic E-state index is 0.0157. The lowest BCUT2D eigenvalue weighted by atomic mass is 10.1. The zero-order valence-corrected chi connectivity index (χ0v) is 25.2. The van der Waals surface area contributed by atoms with Crippen LogP contribution in [-0.2, 0) is 11.3 Å². The molecule has 228 valence electrons. The molecule has 1 N–H and O–H groups in total. The van der Waals surface area contributed by atoms with E-state index in [9.17, 15) is 9.59 Å². The molecular weight excluding hydrogens is 560 g/mol. The number of amides is 1. The number of benzene rings is 2. The Kier molecular flexibility index (Phi) is 7.21. The summed E-state index contributed by atoms with van der Waals surface area (Å²) in [6.07, 6.45) is 7.20. The van der Waals surface area contributed by atoms with Crippen molar-refractivity contribution in [3.63, 3.8) is 0 Å². The average molecular weight is 597 g/mol. The number of hydrogen-bond donors (Lipinski definition) is 1. The first-order chi connectivity index (χ1) is 21.4. The van der Waals surface area contributed by atoms with Crippen molar-refractivity contribution in [2.24, 2.45) is 0 Å². The summed E-state index contributed by atoms with van der Waals surface area (Å²) in [5.41, 5.74) is 3.48. The number of methoxy groups -OCH3 is 1. The van der Waals surface area contributed by atoms with E-state index in [0.717, 1.165) is 49.6 Å². The summed E-state index contributed by atoms with van der Waals surface area (Å²) < 4.78 is 15.0. The molecule has 2 bridgehead atoms. The lowest BCUT2D eigenvalue weighted by Crippen LogP contribution is -2.50. The van der Waals surface area contributed by atoms with Gasteiger partial charge in [0.25, 0.3) is 11.5 Å². The fourth-order valence-corrected chi connectivity index (χ4v) is 6.16. The highest BCUT2D eigenvalue weighted by molar-refractivity contribution is 5.98. The number of fused-ring (bicyclic) bond motifs is 5. The van der Waals surface area contributed by atoms with Crippen LogP contribution in [0.2, 0.25) is 0 Å². The highest BCUT2D eigenvalue weighted by Crippen LogP contribution is 2.36. The monoisotopic (exact) mass is 596 g/mol. The molecule has 2 aromatic carbocycles. The Labute approximate surface area is 255 Å². The van der Waals surface area contributed by atoms with E-state index in [-0.39, 0.29) is 18.1 Å². The first-order valence-electron chi connectivity index (χ1n) is 15.0. The van der Waals surface area contributed by atoms with Crippen LogP contribution in [-0.4, -0.2) is 83.1 Å². The summed E-state index contributed by atoms with van der Waals surface area (Å²) >= 11 is 0. The van der Waals surface area contributed by atoms with Crippen molar-refractivity contribution >= 4 is 40.0 Å². The number of rotatable bonds is 4. The first-order valence-corrected chi connectivity index (χ1v) is 15.0. The molecule has 1 unspecified atom stereocenters. The van der Waals surface area contributed by atoms with Gasteiger partial charge in [0.2, 0.25) is 5.95 Å². The predicted octanol–water partition coefficient (Wildman–Crippen LogP) is 3.55. The second kappa shape index (κ2) is 11.3. The minimum atomic E-state index is -0.192. The minimum Gasteiger partial charge on any atom is -0.495 e. The third kappa shape index (κ3) is 4.94. The largest absolute Gasteiger partial charge is 0.495 e. The standard InChI is InChI=1S/C32H36N8O4/c1-21-19-37(15-14-36(21)2)25-10-8-22(16-28(25)43-3)34-32-33-18-24-30(35-32)40-23-9-11-27-26(17-23)38(29(41)20-44-27)12-6-4-5-7-13-39(40)31(24)42/h5,7-11,16-18,21H,4,6,12-15,19-20H2,1-3H3,(H,33,34,35). The summed E-state index contributed by atoms with van der Waals surface area (Å²) in [6.45, 7) is 6.04. The maximum atomic E-state index is 13.6. The Morgan fingerprint density at radius 2 is 1.93 bits per heavy atom. The van der Waals surface area contributed by atoms with Crippen molar-refractivity contribution in [2.45, 2.75) is 32.4 Å². The number of anilines is 4. The van der Waals surface area contributed by atoms with E-state index in [1.807, 2.05) is 36.4 Å². The molecule has 0 aliphatic carbocycles. The Balaban J connectivity index is 1.27. The van der Waals surface area contributed by atoms with Crippen LogP contribution in [0.3, 0.4) is 0 Å². The summed E-state index contributed by atoms with van der Waals surface area (Å²) in [4.78, 5) is 42.2. The molecule has 7 rings (SSSR count). The van der Waals surface area contributed by atoms with Crippen LogP contribution >= 0.6 is 0 Å². The molecule has 12 nitrogen and oxygen atoms in total. The number of aromatic nitrogens is 4. The van der Waals surface area contributed by atoms with E-state index in [1.165, 1.54) is 0 Å². The molecule has 12 heteroatoms. The summed E-state index contributed by atoms with van der Waals surface area (Å²) in [7, 11) is 3.83. The Morgan fingerprint density at radius 1 is 1.05 bits per heavy atom. The molecule has 0 saturated carbocycles. The van der Waals surface area contributed by atoms with Gasteiger partial charge in [0.1, 0.15) is 16.9 Å². The van der Waals surface area contributed by atoms with Crippen LogP contribution in [0.4, 0.5) is 23.0 Å². The maximum absolute atomic E-state index is 13.6. The van der Waals surface area contributed by atoms with Gasteiger partial charge in [-0.25, -0.2) is 14.3 Å². The van der Waals surface area contributed by atoms with Crippen molar-refractivity contribution < 1.29 is 14.3 Å². The summed E-state index contributed by atoms with van der Waals surface area (Å²) in [5, 5.41) is 3.71. The molecule has 0 radical (unpaired) electrons. The number of hydrogen-bond acceptors (Lipinski definition) is 9. The zero-order chi connectivity index (χ0) is 30.4. The van der Waals surface area contributed by atoms with Gasteiger partial charge in [-0.2, -0.15) is 4.98 Å². The Bertz CT molecular complexity index is 1830. The third-order valence-electron chi connectivity index (χ3n) is 8.74. The van der Waals surface area contributed by atoms with Crippen LogP contribution < -0.4 is 30.1 Å². The second-order valence-electron chi connectivity index (χ2n) is 11.5. The van der Waals surface area contributed by atoms with Gasteiger partial charge >= 0.3 is 0 Å². The number of nitrogens with one attached hydrogen (secondary N) is 1. The van der Waals surface area contributed by atoms with Crippen LogP contribution in [0, 0.1) is 0 Å². The van der Waals surface area contributed by atoms with Gasteiger partial charge in [0.05, 0.1) is 30.7 Å². The van der Waals surface area contributed by atoms with E-state index >= 15 is 0 Å². The van der Waals surface area contributed by atoms with Crippen LogP contribution in [0.5, 0.6) is 11.5 Å². The van der Waals surface area contributed by atoms with Gasteiger partial charge in [0.15, 0.2) is 12.3 Å². The number of allylic oxidation sites excluding steroid dienone is 2. The maximum Gasteiger partial charge on any atom is 0.278 e. The fourth-order valence-electron chi connectivity index (χ4n) is 6.16. The quantitative estimate of drug-likeness (QED) is 0.354. The predicted molar refractivity (Wildman–Crippen MR) is 170 cm³/mol. The summed E-state index contributed by atoms with van der Waals surface area (Å²) in [5.74, 6) is 1.68. The molecule has 5 heterocycles. The molecule has 0 spiro atoms. The van der Waals surface area contributed by atoms with Gasteiger partial charge in [-0.15, -0.1) is 0 Å². The van der Waals surface area contributed by atoms with Gasteiger partial charge in [-0.1, -0.05) is 12.2 Å². The molecule has 3 aliphatic rings. The molecule has 1 atom stereocenters. The van der Waals surface area contributed by atoms with Gasteiger partial charge in [0, 0.05) is 50.2 Å². The third-order valence-corrected chi connectivity index (χ3v) is 8.74. The number of ether oxygens (including phenoxy) is 2. The van der Waals surface area contributed by atoms with Crippen molar-refractivity contribution in [2.75, 3.05) is 62.1 Å². The van der Waals surface area contributed by atoms with E-state index < -0.39 is 0 Å². The topological polar surface area (TPSA) is 110 Å². The number of nitrogens with zero attached hydrogens (tertiary/aromatic N) is 7. The fraction of sp³-hybridized carbons (Fsp3) is 0.375. The van der Waals surface area contributed by atoms with Gasteiger partial charge < -0.3 is 29.5 Å². The highest BCUT2D eigenvalue weighted by Gasteiger charge is 2.27. The summed E-state index contributed by atoms with van der Waals surface area (Å²) in [6, 6.07) is 12.1. The van der Waals surface area contributed by atoms with Crippen LogP contribution in [0.1, 0.15) is 19.8 Å². The van der Waals surface area contributed by atoms with Crippen molar-refractivity contribution in [3.8, 4) is 17.2 Å². The number of carbonyl (C=O) groups is 1. The van der Waals surface area contributed by atoms with Crippen molar-refractivity contribution in [3.05, 3.63) is 65.1 Å². The van der Waals surface area contributed by atoms with E-state index in [2.05, 4.69) is 46.2 Å². The molecule has 1 saturated heterocycles. The molecular formula is C32H36N8O4. The van der Waals surface area contributed by atoms with E-state index in [0.29, 0.717) is 53.2 Å². The lowest BCUT2D eigenvalue weighted by Gasteiger charge is -2.39. The van der Waals surface area contributed by atoms with Crippen LogP contribution in [0.25, 0.3) is 16.7 Å². The van der Waals surface area contributed by atoms with Crippen LogP contribution in [0.15, 0.2) is 59.5 Å². The molecule has 1 amide bonds. The number of likely N-dealkylation sites (N-methyl/N-ethyl adjacent to an activating group) is 1. The van der Waals surface area contributed by atoms with Gasteiger partial charge in [-0.3, -0.25) is 9.59 Å². The van der Waals surface area contributed by atoms with Gasteiger partial charge in [-0.05, 0) is 57.1 Å². The average Bonchev–Trinajstić information content (AvgIpc) is 3.30. The molecule has 44 heavy (non-hydrogen) atoms. The Morgan fingerprint density at radius 3 is 2.77 bits per heavy atom. The second-order valence-corrected chi connectivity index (χ2v) is 11.5.